The van der Waals surface area contributed by atoms with E-state index >= 15 is 0 Å². The molecule has 0 radical (unpaired) electrons. The van der Waals surface area contributed by atoms with E-state index in [0.717, 1.165) is 12.8 Å². The van der Waals surface area contributed by atoms with Gasteiger partial charge in [-0.2, -0.15) is 0 Å². The van der Waals surface area contributed by atoms with Gasteiger partial charge in [0.2, 0.25) is 0 Å². The molecule has 2 heteroatoms. The maximum absolute atomic E-state index is 10.4. The fraction of sp³-hybridized carbons (Fsp3) is 0.958. The second-order valence-electron chi connectivity index (χ2n) is 8.21. The molecule has 0 aromatic heterocycles. The number of rotatable bonds is 22. The predicted octanol–water partition coefficient (Wildman–Crippen LogP) is 8.67. The van der Waals surface area contributed by atoms with Crippen LogP contribution in [0.15, 0.2) is 0 Å². The van der Waals surface area contributed by atoms with Gasteiger partial charge in [0.05, 0.1) is 0 Å². The molecule has 0 saturated heterocycles. The summed E-state index contributed by atoms with van der Waals surface area (Å²) in [7, 11) is 0. The van der Waals surface area contributed by atoms with Crippen molar-refractivity contribution < 1.29 is 9.90 Å². The summed E-state index contributed by atoms with van der Waals surface area (Å²) in [6, 6.07) is 0. The molecular formula is C24H48O2. The number of hydrogen-bond donors (Lipinski definition) is 1. The molecule has 0 aliphatic heterocycles. The molecule has 0 aliphatic rings. The van der Waals surface area contributed by atoms with Gasteiger partial charge in [0, 0.05) is 6.42 Å². The highest BCUT2D eigenvalue weighted by atomic mass is 16.5. The van der Waals surface area contributed by atoms with Crippen molar-refractivity contribution in [1.29, 1.82) is 0 Å². The Balaban J connectivity index is 2.98. The zero-order chi connectivity index (χ0) is 19.1. The Morgan fingerprint density at radius 1 is 0.462 bits per heavy atom. The van der Waals surface area contributed by atoms with Gasteiger partial charge in [-0.05, 0) is 6.42 Å². The van der Waals surface area contributed by atoms with Crippen LogP contribution in [0.5, 0.6) is 0 Å². The van der Waals surface area contributed by atoms with Crippen LogP contribution in [0.1, 0.15) is 148 Å². The van der Waals surface area contributed by atoms with Crippen molar-refractivity contribution in [2.24, 2.45) is 0 Å². The number of carbonyl (C=O) groups is 1. The predicted molar refractivity (Wildman–Crippen MR) is 115 cm³/mol. The monoisotopic (exact) mass is 369 g/mol. The van der Waals surface area contributed by atoms with Crippen LogP contribution in [0, 0.1) is 0 Å². The third-order valence-electron chi connectivity index (χ3n) is 5.49. The summed E-state index contributed by atoms with van der Waals surface area (Å²) in [5.41, 5.74) is 0. The highest BCUT2D eigenvalue weighted by Gasteiger charge is 1.97. The van der Waals surface area contributed by atoms with Crippen molar-refractivity contribution >= 4 is 5.97 Å². The second-order valence-corrected chi connectivity index (χ2v) is 8.21. The van der Waals surface area contributed by atoms with Gasteiger partial charge in [-0.1, -0.05) is 135 Å². The van der Waals surface area contributed by atoms with E-state index in [0.29, 0.717) is 6.42 Å². The molecule has 2 nitrogen and oxygen atoms in total. The largest absolute Gasteiger partial charge is 0.481 e. The molecule has 26 heavy (non-hydrogen) atoms. The molecule has 1 N–H and O–H groups in total. The fourth-order valence-electron chi connectivity index (χ4n) is 3.71. The molecule has 0 spiro atoms. The lowest BCUT2D eigenvalue weighted by Crippen LogP contribution is -1.93. The Bertz CT molecular complexity index is 275. The maximum atomic E-state index is 10.4. The van der Waals surface area contributed by atoms with Gasteiger partial charge in [0.25, 0.3) is 0 Å². The number of unbranched alkanes of at least 4 members (excludes halogenated alkanes) is 20. The number of carboxylic acids is 1. The Kier molecular flexibility index (Phi) is 22.1. The lowest BCUT2D eigenvalue weighted by Gasteiger charge is -2.04. The van der Waals surface area contributed by atoms with Gasteiger partial charge in [-0.15, -0.1) is 0 Å². The van der Waals surface area contributed by atoms with Gasteiger partial charge >= 0.3 is 5.97 Å². The van der Waals surface area contributed by atoms with Crippen LogP contribution in [0.3, 0.4) is 0 Å². The minimum absolute atomic E-state index is 0.346. The van der Waals surface area contributed by atoms with Crippen LogP contribution >= 0.6 is 0 Å². The van der Waals surface area contributed by atoms with Crippen LogP contribution in [-0.4, -0.2) is 11.1 Å². The first-order valence-corrected chi connectivity index (χ1v) is 12.0. The van der Waals surface area contributed by atoms with Gasteiger partial charge in [-0.3, -0.25) is 4.79 Å². The molecule has 0 saturated carbocycles. The Labute approximate surface area is 164 Å². The molecule has 0 aromatic rings. The Hall–Kier alpha value is -0.530. The van der Waals surface area contributed by atoms with E-state index in [9.17, 15) is 4.79 Å². The van der Waals surface area contributed by atoms with E-state index in [1.165, 1.54) is 122 Å². The summed E-state index contributed by atoms with van der Waals surface area (Å²) in [6.45, 7) is 2.29. The number of hydrogen-bond acceptors (Lipinski definition) is 1. The fourth-order valence-corrected chi connectivity index (χ4v) is 3.71. The van der Waals surface area contributed by atoms with E-state index in [1.807, 2.05) is 0 Å². The van der Waals surface area contributed by atoms with Crippen molar-refractivity contribution in [2.45, 2.75) is 148 Å². The Morgan fingerprint density at radius 2 is 0.692 bits per heavy atom. The van der Waals surface area contributed by atoms with Gasteiger partial charge in [0.1, 0.15) is 0 Å². The summed E-state index contributed by atoms with van der Waals surface area (Å²) in [6.07, 6.45) is 29.1. The summed E-state index contributed by atoms with van der Waals surface area (Å²) >= 11 is 0. The van der Waals surface area contributed by atoms with Gasteiger partial charge in [0.15, 0.2) is 0 Å². The van der Waals surface area contributed by atoms with Crippen LogP contribution in [-0.2, 0) is 4.79 Å². The van der Waals surface area contributed by atoms with E-state index in [4.69, 9.17) is 5.11 Å². The van der Waals surface area contributed by atoms with Crippen LogP contribution in [0.4, 0.5) is 0 Å². The van der Waals surface area contributed by atoms with E-state index in [2.05, 4.69) is 6.92 Å². The highest BCUT2D eigenvalue weighted by Crippen LogP contribution is 2.15. The van der Waals surface area contributed by atoms with Gasteiger partial charge < -0.3 is 5.11 Å². The van der Waals surface area contributed by atoms with Crippen molar-refractivity contribution in [3.8, 4) is 0 Å². The van der Waals surface area contributed by atoms with Crippen molar-refractivity contribution in [2.75, 3.05) is 0 Å². The summed E-state index contributed by atoms with van der Waals surface area (Å²) in [4.78, 5) is 10.4. The summed E-state index contributed by atoms with van der Waals surface area (Å²) in [5, 5.41) is 8.57. The van der Waals surface area contributed by atoms with Crippen molar-refractivity contribution in [3.05, 3.63) is 0 Å². The normalized spacial score (nSPS) is 11.1. The molecule has 0 bridgehead atoms. The molecule has 0 aromatic carbocycles. The molecule has 0 heterocycles. The minimum Gasteiger partial charge on any atom is -0.481 e. The topological polar surface area (TPSA) is 37.3 Å². The lowest BCUT2D eigenvalue weighted by atomic mass is 10.0. The van der Waals surface area contributed by atoms with Crippen LogP contribution in [0.2, 0.25) is 0 Å². The molecule has 0 unspecified atom stereocenters. The van der Waals surface area contributed by atoms with E-state index in [-0.39, 0.29) is 0 Å². The lowest BCUT2D eigenvalue weighted by molar-refractivity contribution is -0.137. The minimum atomic E-state index is -0.650. The Morgan fingerprint density at radius 3 is 0.923 bits per heavy atom. The zero-order valence-corrected chi connectivity index (χ0v) is 17.9. The first-order valence-electron chi connectivity index (χ1n) is 12.0. The highest BCUT2D eigenvalue weighted by molar-refractivity contribution is 5.66. The number of carboxylic acid groups (broad SMARTS) is 1. The van der Waals surface area contributed by atoms with Gasteiger partial charge in [-0.25, -0.2) is 0 Å². The second kappa shape index (κ2) is 22.5. The molecule has 0 amide bonds. The molecule has 0 rings (SSSR count). The summed E-state index contributed by atoms with van der Waals surface area (Å²) in [5.74, 6) is -0.650. The molecular weight excluding hydrogens is 321 g/mol. The first kappa shape index (κ1) is 25.5. The summed E-state index contributed by atoms with van der Waals surface area (Å²) < 4.78 is 0. The van der Waals surface area contributed by atoms with Crippen LogP contribution in [0.25, 0.3) is 0 Å². The average molecular weight is 370 g/mol. The SMILES string of the molecule is CCCCCCCCCCCCCCCCCCCCCCC[13C](=O)O. The van der Waals surface area contributed by atoms with E-state index < -0.39 is 5.97 Å². The third-order valence-corrected chi connectivity index (χ3v) is 5.49. The van der Waals surface area contributed by atoms with Crippen LogP contribution < -0.4 is 0 Å². The molecule has 0 aliphatic carbocycles. The third kappa shape index (κ3) is 23.5. The average Bonchev–Trinajstić information content (AvgIpc) is 2.62. The maximum Gasteiger partial charge on any atom is 0.303 e. The smallest absolute Gasteiger partial charge is 0.303 e. The quantitative estimate of drug-likeness (QED) is 0.153. The van der Waals surface area contributed by atoms with Crippen molar-refractivity contribution in [3.63, 3.8) is 0 Å². The molecule has 156 valence electrons. The van der Waals surface area contributed by atoms with Crippen molar-refractivity contribution in [1.82, 2.24) is 0 Å². The first-order chi connectivity index (χ1) is 12.8. The number of aliphatic carboxylic acids is 1. The molecule has 0 fully saturated rings. The standard InChI is InChI=1S/C24H48O2/c1-2-3-4-5-6-7-8-9-10-11-12-13-14-15-16-17-18-19-20-21-22-23-24(25)26/h2-23H2,1H3,(H,25,26)/i24+1. The zero-order valence-electron chi connectivity index (χ0n) is 17.9. The molecule has 0 atom stereocenters. The van der Waals surface area contributed by atoms with E-state index in [1.54, 1.807) is 0 Å².